The molecule has 0 aliphatic heterocycles. The Hall–Kier alpha value is -1.32. The Morgan fingerprint density at radius 2 is 1.83 bits per heavy atom. The van der Waals surface area contributed by atoms with Crippen LogP contribution in [0.15, 0.2) is 53.0 Å². The lowest BCUT2D eigenvalue weighted by Gasteiger charge is -2.09. The van der Waals surface area contributed by atoms with Gasteiger partial charge in [0.25, 0.3) is 0 Å². The molecule has 94 valence electrons. The first-order valence-electron chi connectivity index (χ1n) is 5.91. The van der Waals surface area contributed by atoms with Crippen molar-refractivity contribution < 1.29 is 4.74 Å². The van der Waals surface area contributed by atoms with Crippen LogP contribution in [0.5, 0.6) is 11.5 Å². The number of hydrogen-bond donors (Lipinski definition) is 1. The van der Waals surface area contributed by atoms with Crippen LogP contribution in [-0.2, 0) is 6.42 Å². The maximum atomic E-state index is 5.80. The number of halogens is 1. The zero-order valence-electron chi connectivity index (χ0n) is 10.3. The molecule has 2 nitrogen and oxygen atoms in total. The van der Waals surface area contributed by atoms with Crippen molar-refractivity contribution in [3.8, 4) is 11.5 Å². The minimum absolute atomic E-state index is 0.160. The van der Waals surface area contributed by atoms with E-state index in [-0.39, 0.29) is 6.04 Å². The highest BCUT2D eigenvalue weighted by Gasteiger charge is 2.01. The highest BCUT2D eigenvalue weighted by Crippen LogP contribution is 2.24. The van der Waals surface area contributed by atoms with Crippen LogP contribution in [0.4, 0.5) is 0 Å². The fourth-order valence-corrected chi connectivity index (χ4v) is 2.01. The van der Waals surface area contributed by atoms with E-state index in [1.165, 1.54) is 5.56 Å². The third-order valence-corrected chi connectivity index (χ3v) is 3.03. The van der Waals surface area contributed by atoms with Gasteiger partial charge in [-0.1, -0.05) is 28.1 Å². The predicted octanol–water partition coefficient (Wildman–Crippen LogP) is 4.13. The summed E-state index contributed by atoms with van der Waals surface area (Å²) in [7, 11) is 0. The Morgan fingerprint density at radius 1 is 1.11 bits per heavy atom. The molecule has 2 aromatic rings. The zero-order valence-corrected chi connectivity index (χ0v) is 11.9. The fraction of sp³-hybridized carbons (Fsp3) is 0.200. The molecule has 0 radical (unpaired) electrons. The molecule has 0 amide bonds. The molecule has 2 rings (SSSR count). The third-order valence-electron chi connectivity index (χ3n) is 2.51. The van der Waals surface area contributed by atoms with Crippen molar-refractivity contribution in [2.24, 2.45) is 5.73 Å². The van der Waals surface area contributed by atoms with Crippen LogP contribution in [0, 0.1) is 0 Å². The molecule has 2 N–H and O–H groups in total. The minimum atomic E-state index is 0.160. The Morgan fingerprint density at radius 3 is 2.50 bits per heavy atom. The summed E-state index contributed by atoms with van der Waals surface area (Å²) in [5.74, 6) is 1.67. The van der Waals surface area contributed by atoms with Crippen LogP contribution in [-0.4, -0.2) is 6.04 Å². The summed E-state index contributed by atoms with van der Waals surface area (Å²) in [5.41, 5.74) is 6.99. The van der Waals surface area contributed by atoms with Crippen molar-refractivity contribution >= 4 is 15.9 Å². The Bertz CT molecular complexity index is 508. The molecule has 3 heteroatoms. The number of rotatable bonds is 4. The number of nitrogens with two attached hydrogens (primary N) is 1. The summed E-state index contributed by atoms with van der Waals surface area (Å²) in [6.07, 6.45) is 0.859. The van der Waals surface area contributed by atoms with Crippen molar-refractivity contribution in [2.45, 2.75) is 19.4 Å². The molecule has 0 aliphatic carbocycles. The molecule has 0 saturated heterocycles. The summed E-state index contributed by atoms with van der Waals surface area (Å²) in [5, 5.41) is 0. The zero-order chi connectivity index (χ0) is 13.0. The van der Waals surface area contributed by atoms with Gasteiger partial charge < -0.3 is 10.5 Å². The van der Waals surface area contributed by atoms with E-state index in [2.05, 4.69) is 22.0 Å². The van der Waals surface area contributed by atoms with Crippen molar-refractivity contribution in [1.82, 2.24) is 0 Å². The first kappa shape index (κ1) is 13.1. The topological polar surface area (TPSA) is 35.2 Å². The number of benzene rings is 2. The van der Waals surface area contributed by atoms with Gasteiger partial charge in [-0.25, -0.2) is 0 Å². The van der Waals surface area contributed by atoms with E-state index in [1.807, 2.05) is 49.4 Å². The maximum absolute atomic E-state index is 5.80. The van der Waals surface area contributed by atoms with E-state index in [4.69, 9.17) is 10.5 Å². The van der Waals surface area contributed by atoms with E-state index >= 15 is 0 Å². The molecule has 18 heavy (non-hydrogen) atoms. The van der Waals surface area contributed by atoms with Crippen LogP contribution in [0.3, 0.4) is 0 Å². The van der Waals surface area contributed by atoms with Crippen LogP contribution in [0.2, 0.25) is 0 Å². The highest BCUT2D eigenvalue weighted by molar-refractivity contribution is 9.10. The molecule has 0 aromatic heterocycles. The second-order valence-corrected chi connectivity index (χ2v) is 5.30. The van der Waals surface area contributed by atoms with Gasteiger partial charge in [-0.15, -0.1) is 0 Å². The van der Waals surface area contributed by atoms with Gasteiger partial charge in [0.15, 0.2) is 0 Å². The van der Waals surface area contributed by atoms with Crippen molar-refractivity contribution in [3.05, 3.63) is 58.6 Å². The molecule has 2 aromatic carbocycles. The number of ether oxygens (including phenoxy) is 1. The van der Waals surface area contributed by atoms with Gasteiger partial charge >= 0.3 is 0 Å². The SMILES string of the molecule is CC(N)Cc1cccc(Oc2ccc(Br)cc2)c1. The minimum Gasteiger partial charge on any atom is -0.457 e. The second kappa shape index (κ2) is 6.03. The van der Waals surface area contributed by atoms with Gasteiger partial charge in [0, 0.05) is 10.5 Å². The molecule has 0 heterocycles. The largest absolute Gasteiger partial charge is 0.457 e. The van der Waals surface area contributed by atoms with E-state index in [9.17, 15) is 0 Å². The van der Waals surface area contributed by atoms with Crippen molar-refractivity contribution in [3.63, 3.8) is 0 Å². The van der Waals surface area contributed by atoms with Gasteiger partial charge in [0.05, 0.1) is 0 Å². The van der Waals surface area contributed by atoms with Gasteiger partial charge in [-0.05, 0) is 55.3 Å². The molecule has 0 aliphatic rings. The summed E-state index contributed by atoms with van der Waals surface area (Å²) in [4.78, 5) is 0. The van der Waals surface area contributed by atoms with Gasteiger partial charge in [0.2, 0.25) is 0 Å². The molecule has 0 spiro atoms. The van der Waals surface area contributed by atoms with Crippen LogP contribution >= 0.6 is 15.9 Å². The molecule has 0 saturated carbocycles. The van der Waals surface area contributed by atoms with Crippen LogP contribution in [0.25, 0.3) is 0 Å². The third kappa shape index (κ3) is 3.86. The van der Waals surface area contributed by atoms with E-state index in [1.54, 1.807) is 0 Å². The average molecular weight is 306 g/mol. The summed E-state index contributed by atoms with van der Waals surface area (Å²) in [6.45, 7) is 2.00. The predicted molar refractivity (Wildman–Crippen MR) is 78.0 cm³/mol. The first-order chi connectivity index (χ1) is 8.63. The molecule has 0 fully saturated rings. The summed E-state index contributed by atoms with van der Waals surface area (Å²) in [6, 6.07) is 16.0. The van der Waals surface area contributed by atoms with E-state index in [0.29, 0.717) is 0 Å². The van der Waals surface area contributed by atoms with Crippen LogP contribution < -0.4 is 10.5 Å². The van der Waals surface area contributed by atoms with Gasteiger partial charge in [0.1, 0.15) is 11.5 Å². The quantitative estimate of drug-likeness (QED) is 0.921. The lowest BCUT2D eigenvalue weighted by atomic mass is 10.1. The van der Waals surface area contributed by atoms with E-state index in [0.717, 1.165) is 22.4 Å². The molecule has 0 bridgehead atoms. The standard InChI is InChI=1S/C15H16BrNO/c1-11(17)9-12-3-2-4-15(10-12)18-14-7-5-13(16)6-8-14/h2-8,10-11H,9,17H2,1H3. The first-order valence-corrected chi connectivity index (χ1v) is 6.71. The smallest absolute Gasteiger partial charge is 0.127 e. The molecular weight excluding hydrogens is 290 g/mol. The summed E-state index contributed by atoms with van der Waals surface area (Å²) < 4.78 is 6.84. The summed E-state index contributed by atoms with van der Waals surface area (Å²) >= 11 is 3.40. The number of hydrogen-bond acceptors (Lipinski definition) is 2. The lowest BCUT2D eigenvalue weighted by Crippen LogP contribution is -2.17. The highest BCUT2D eigenvalue weighted by atomic mass is 79.9. The average Bonchev–Trinajstić information content (AvgIpc) is 2.32. The van der Waals surface area contributed by atoms with Gasteiger partial charge in [-0.2, -0.15) is 0 Å². The van der Waals surface area contributed by atoms with Crippen LogP contribution in [0.1, 0.15) is 12.5 Å². The maximum Gasteiger partial charge on any atom is 0.127 e. The fourth-order valence-electron chi connectivity index (χ4n) is 1.75. The molecule has 1 unspecified atom stereocenters. The normalized spacial score (nSPS) is 12.2. The van der Waals surface area contributed by atoms with E-state index < -0.39 is 0 Å². The Labute approximate surface area is 116 Å². The van der Waals surface area contributed by atoms with Crippen molar-refractivity contribution in [2.75, 3.05) is 0 Å². The van der Waals surface area contributed by atoms with Crippen molar-refractivity contribution in [1.29, 1.82) is 0 Å². The molecular formula is C15H16BrNO. The van der Waals surface area contributed by atoms with Gasteiger partial charge in [-0.3, -0.25) is 0 Å². The lowest BCUT2D eigenvalue weighted by molar-refractivity contribution is 0.481. The molecule has 1 atom stereocenters. The Balaban J connectivity index is 2.11. The Kier molecular flexibility index (Phi) is 4.39. The monoisotopic (exact) mass is 305 g/mol. The second-order valence-electron chi connectivity index (χ2n) is 4.38.